The first-order chi connectivity index (χ1) is 6.02. The highest BCUT2D eigenvalue weighted by Crippen LogP contribution is 2.10. The summed E-state index contributed by atoms with van der Waals surface area (Å²) in [6, 6.07) is -0.619. The largest absolute Gasteiger partial charge is 0.435 e. The predicted molar refractivity (Wildman–Crippen MR) is 42.5 cm³/mol. The molecule has 0 aromatic rings. The SMILES string of the molecule is CC(=O)OC=C(C)C1NC(=O)C1=O. The van der Waals surface area contributed by atoms with Gasteiger partial charge in [0.05, 0.1) is 6.26 Å². The Bertz CT molecular complexity index is 305. The molecule has 1 aliphatic rings. The summed E-state index contributed by atoms with van der Waals surface area (Å²) in [6.45, 7) is 2.86. The Balaban J connectivity index is 2.54. The Morgan fingerprint density at radius 2 is 2.08 bits per heavy atom. The minimum Gasteiger partial charge on any atom is -0.435 e. The van der Waals surface area contributed by atoms with Crippen molar-refractivity contribution in [2.24, 2.45) is 0 Å². The van der Waals surface area contributed by atoms with Crippen LogP contribution in [-0.4, -0.2) is 23.7 Å². The average molecular weight is 183 g/mol. The summed E-state index contributed by atoms with van der Waals surface area (Å²) >= 11 is 0. The van der Waals surface area contributed by atoms with E-state index in [9.17, 15) is 14.4 Å². The average Bonchev–Trinajstić information content (AvgIpc) is 2.09. The van der Waals surface area contributed by atoms with Gasteiger partial charge < -0.3 is 10.1 Å². The van der Waals surface area contributed by atoms with Gasteiger partial charge in [0.1, 0.15) is 6.04 Å². The lowest BCUT2D eigenvalue weighted by Crippen LogP contribution is -2.59. The van der Waals surface area contributed by atoms with Gasteiger partial charge in [-0.05, 0) is 12.5 Å². The van der Waals surface area contributed by atoms with E-state index in [0.29, 0.717) is 5.57 Å². The molecule has 0 radical (unpaired) electrons. The monoisotopic (exact) mass is 183 g/mol. The van der Waals surface area contributed by atoms with Gasteiger partial charge in [-0.25, -0.2) is 0 Å². The molecule has 1 saturated heterocycles. The number of carbonyl (C=O) groups excluding carboxylic acids is 3. The fraction of sp³-hybridized carbons (Fsp3) is 0.375. The van der Waals surface area contributed by atoms with Crippen LogP contribution in [0.1, 0.15) is 13.8 Å². The highest BCUT2D eigenvalue weighted by Gasteiger charge is 2.38. The zero-order chi connectivity index (χ0) is 10.0. The Hall–Kier alpha value is -1.65. The summed E-state index contributed by atoms with van der Waals surface area (Å²) in [5.41, 5.74) is 0.514. The number of ketones is 1. The maximum atomic E-state index is 10.9. The van der Waals surface area contributed by atoms with E-state index in [-0.39, 0.29) is 0 Å². The number of Topliss-reactive ketones (excluding diaryl/α,β-unsaturated/α-hetero) is 1. The molecule has 0 aromatic heterocycles. The molecular weight excluding hydrogens is 174 g/mol. The van der Waals surface area contributed by atoms with Crippen molar-refractivity contribution in [3.63, 3.8) is 0 Å². The third kappa shape index (κ3) is 1.93. The molecule has 0 aliphatic carbocycles. The molecule has 1 N–H and O–H groups in total. The Kier molecular flexibility index (Phi) is 2.46. The molecule has 5 heteroatoms. The summed E-state index contributed by atoms with van der Waals surface area (Å²) in [5, 5.41) is 2.37. The van der Waals surface area contributed by atoms with Gasteiger partial charge in [0.2, 0.25) is 5.78 Å². The third-order valence-corrected chi connectivity index (χ3v) is 1.63. The molecule has 5 nitrogen and oxygen atoms in total. The quantitative estimate of drug-likeness (QED) is 0.271. The smallest absolute Gasteiger partial charge is 0.307 e. The van der Waals surface area contributed by atoms with Gasteiger partial charge in [-0.1, -0.05) is 0 Å². The lowest BCUT2D eigenvalue weighted by atomic mass is 9.98. The molecule has 0 spiro atoms. The van der Waals surface area contributed by atoms with Crippen molar-refractivity contribution >= 4 is 17.7 Å². The maximum absolute atomic E-state index is 10.9. The molecule has 1 rings (SSSR count). The number of β-lactam (4-membered cyclic amide) rings is 1. The van der Waals surface area contributed by atoms with Gasteiger partial charge in [-0.3, -0.25) is 14.4 Å². The van der Waals surface area contributed by atoms with Gasteiger partial charge in [0, 0.05) is 6.92 Å². The zero-order valence-electron chi connectivity index (χ0n) is 7.29. The van der Waals surface area contributed by atoms with Crippen molar-refractivity contribution < 1.29 is 19.1 Å². The topological polar surface area (TPSA) is 72.5 Å². The van der Waals surface area contributed by atoms with Crippen LogP contribution >= 0.6 is 0 Å². The Labute approximate surface area is 74.7 Å². The predicted octanol–water partition coefficient (Wildman–Crippen LogP) is -0.479. The number of ether oxygens (including phenoxy) is 1. The van der Waals surface area contributed by atoms with Gasteiger partial charge in [0.15, 0.2) is 0 Å². The molecule has 1 unspecified atom stereocenters. The van der Waals surface area contributed by atoms with Crippen LogP contribution in [0.25, 0.3) is 0 Å². The third-order valence-electron chi connectivity index (χ3n) is 1.63. The van der Waals surface area contributed by atoms with Crippen LogP contribution in [0.5, 0.6) is 0 Å². The second-order valence-electron chi connectivity index (χ2n) is 2.74. The fourth-order valence-corrected chi connectivity index (χ4v) is 0.886. The van der Waals surface area contributed by atoms with Gasteiger partial charge >= 0.3 is 5.97 Å². The molecule has 13 heavy (non-hydrogen) atoms. The number of amides is 1. The lowest BCUT2D eigenvalue weighted by Gasteiger charge is -2.25. The van der Waals surface area contributed by atoms with Crippen molar-refractivity contribution in [3.8, 4) is 0 Å². The zero-order valence-corrected chi connectivity index (χ0v) is 7.29. The normalized spacial score (nSPS) is 22.0. The number of carbonyl (C=O) groups is 3. The molecule has 1 aliphatic heterocycles. The molecule has 1 fully saturated rings. The van der Waals surface area contributed by atoms with Crippen molar-refractivity contribution in [2.45, 2.75) is 19.9 Å². The van der Waals surface area contributed by atoms with Crippen LogP contribution in [0.15, 0.2) is 11.8 Å². The van der Waals surface area contributed by atoms with E-state index in [4.69, 9.17) is 0 Å². The lowest BCUT2D eigenvalue weighted by molar-refractivity contribution is -0.145. The van der Waals surface area contributed by atoms with E-state index >= 15 is 0 Å². The van der Waals surface area contributed by atoms with Crippen molar-refractivity contribution in [1.82, 2.24) is 5.32 Å². The van der Waals surface area contributed by atoms with Gasteiger partial charge in [0.25, 0.3) is 5.91 Å². The highest BCUT2D eigenvalue weighted by atomic mass is 16.5. The first kappa shape index (κ1) is 9.44. The van der Waals surface area contributed by atoms with Crippen LogP contribution in [0.2, 0.25) is 0 Å². The molecule has 0 saturated carbocycles. The number of hydrogen-bond acceptors (Lipinski definition) is 4. The van der Waals surface area contributed by atoms with Crippen LogP contribution in [0, 0.1) is 0 Å². The van der Waals surface area contributed by atoms with Crippen molar-refractivity contribution in [3.05, 3.63) is 11.8 Å². The molecule has 0 bridgehead atoms. The van der Waals surface area contributed by atoms with E-state index in [1.165, 1.54) is 13.2 Å². The van der Waals surface area contributed by atoms with Gasteiger partial charge in [-0.2, -0.15) is 0 Å². The molecule has 1 amide bonds. The summed E-state index contributed by atoms with van der Waals surface area (Å²) < 4.78 is 4.54. The Morgan fingerprint density at radius 1 is 1.46 bits per heavy atom. The second-order valence-corrected chi connectivity index (χ2v) is 2.74. The van der Waals surface area contributed by atoms with Gasteiger partial charge in [-0.15, -0.1) is 0 Å². The number of hydrogen-bond donors (Lipinski definition) is 1. The number of nitrogens with one attached hydrogen (secondary N) is 1. The fourth-order valence-electron chi connectivity index (χ4n) is 0.886. The van der Waals surface area contributed by atoms with E-state index in [1.54, 1.807) is 6.92 Å². The highest BCUT2D eigenvalue weighted by molar-refractivity contribution is 6.45. The second kappa shape index (κ2) is 3.38. The minimum absolute atomic E-state index is 0.461. The minimum atomic E-state index is -0.619. The Morgan fingerprint density at radius 3 is 2.46 bits per heavy atom. The molecular formula is C8H9NO4. The van der Waals surface area contributed by atoms with E-state index in [1.807, 2.05) is 0 Å². The molecule has 0 aromatic carbocycles. The molecule has 1 atom stereocenters. The summed E-state index contributed by atoms with van der Waals surface area (Å²) in [5.74, 6) is -1.56. The van der Waals surface area contributed by atoms with E-state index < -0.39 is 23.7 Å². The summed E-state index contributed by atoms with van der Waals surface area (Å²) in [4.78, 5) is 31.7. The first-order valence-electron chi connectivity index (χ1n) is 3.71. The van der Waals surface area contributed by atoms with Crippen molar-refractivity contribution in [1.29, 1.82) is 0 Å². The molecule has 1 heterocycles. The number of rotatable bonds is 2. The number of esters is 1. The van der Waals surface area contributed by atoms with Crippen LogP contribution < -0.4 is 5.32 Å². The summed E-state index contributed by atoms with van der Waals surface area (Å²) in [6.07, 6.45) is 1.17. The van der Waals surface area contributed by atoms with Crippen LogP contribution in [0.4, 0.5) is 0 Å². The standard InChI is InChI=1S/C8H9NO4/c1-4(3-13-5(2)10)6-7(11)8(12)9-6/h3,6H,1-2H3,(H,9,12). The van der Waals surface area contributed by atoms with Crippen molar-refractivity contribution in [2.75, 3.05) is 0 Å². The van der Waals surface area contributed by atoms with E-state index in [2.05, 4.69) is 10.1 Å². The maximum Gasteiger partial charge on any atom is 0.307 e. The summed E-state index contributed by atoms with van der Waals surface area (Å²) in [7, 11) is 0. The van der Waals surface area contributed by atoms with Crippen LogP contribution in [0.3, 0.4) is 0 Å². The van der Waals surface area contributed by atoms with E-state index in [0.717, 1.165) is 0 Å². The first-order valence-corrected chi connectivity index (χ1v) is 3.71. The molecule has 70 valence electrons. The van der Waals surface area contributed by atoms with Crippen LogP contribution in [-0.2, 0) is 19.1 Å².